The molecule has 0 fully saturated rings. The summed E-state index contributed by atoms with van der Waals surface area (Å²) in [4.78, 5) is 13.8. The summed E-state index contributed by atoms with van der Waals surface area (Å²) >= 11 is 0. The Morgan fingerprint density at radius 2 is 0.703 bits per heavy atom. The zero-order chi connectivity index (χ0) is 44.0. The van der Waals surface area contributed by atoms with Gasteiger partial charge in [-0.25, -0.2) is 0 Å². The molecule has 0 radical (unpaired) electrons. The van der Waals surface area contributed by atoms with Crippen LogP contribution >= 0.6 is 24.8 Å². The Balaban J connectivity index is 0.000000234. The smallest absolute Gasteiger partial charge is 0.119 e. The van der Waals surface area contributed by atoms with E-state index in [2.05, 4.69) is 147 Å². The van der Waals surface area contributed by atoms with Crippen LogP contribution in [0.15, 0.2) is 166 Å². The minimum atomic E-state index is -0.147. The van der Waals surface area contributed by atoms with Crippen molar-refractivity contribution in [2.75, 3.05) is 62.2 Å². The van der Waals surface area contributed by atoms with Crippen LogP contribution in [0.1, 0.15) is 38.8 Å². The number of ether oxygens (including phenoxy) is 2. The van der Waals surface area contributed by atoms with Gasteiger partial charge in [0.05, 0.1) is 60.8 Å². The predicted molar refractivity (Wildman–Crippen MR) is 276 cm³/mol. The second kappa shape index (κ2) is 20.7. The Morgan fingerprint density at radius 1 is 0.422 bits per heavy atom. The maximum atomic E-state index is 5.24. The fraction of sp³-hybridized carbons (Fsp3) is 0.231. The van der Waals surface area contributed by atoms with Gasteiger partial charge in [0.1, 0.15) is 11.5 Å². The highest BCUT2D eigenvalue weighted by Crippen LogP contribution is 2.40. The van der Waals surface area contributed by atoms with E-state index in [0.29, 0.717) is 0 Å². The number of benzene rings is 6. The van der Waals surface area contributed by atoms with Gasteiger partial charge in [-0.2, -0.15) is 10.2 Å². The third-order valence-electron chi connectivity index (χ3n) is 11.8. The van der Waals surface area contributed by atoms with Crippen molar-refractivity contribution in [3.63, 3.8) is 0 Å². The van der Waals surface area contributed by atoms with Crippen molar-refractivity contribution in [2.24, 2.45) is 20.2 Å². The number of hydrogen-bond acceptors (Lipinski definition) is 10. The van der Waals surface area contributed by atoms with Crippen LogP contribution in [0.4, 0.5) is 45.5 Å². The number of hydrogen-bond donors (Lipinski definition) is 0. The van der Waals surface area contributed by atoms with Gasteiger partial charge in [-0.3, -0.25) is 20.0 Å². The first-order chi connectivity index (χ1) is 29.8. The quantitative estimate of drug-likeness (QED) is 0.0899. The molecule has 2 aliphatic rings. The summed E-state index contributed by atoms with van der Waals surface area (Å²) in [6.07, 6.45) is 3.74. The van der Waals surface area contributed by atoms with E-state index in [0.717, 1.165) is 68.4 Å². The van der Waals surface area contributed by atoms with Gasteiger partial charge in [0.2, 0.25) is 0 Å². The van der Waals surface area contributed by atoms with Crippen LogP contribution in [-0.2, 0) is 10.8 Å². The average Bonchev–Trinajstić information content (AvgIpc) is 3.73. The Kier molecular flexibility index (Phi) is 15.7. The van der Waals surface area contributed by atoms with Crippen molar-refractivity contribution in [2.45, 2.75) is 38.5 Å². The molecular weight excluding hydrogens is 840 g/mol. The number of halogens is 2. The minimum Gasteiger partial charge on any atom is -0.497 e. The fourth-order valence-electron chi connectivity index (χ4n) is 7.50. The summed E-state index contributed by atoms with van der Waals surface area (Å²) in [5.74, 6) is 1.70. The molecule has 0 saturated carbocycles. The van der Waals surface area contributed by atoms with E-state index < -0.39 is 0 Å². The van der Waals surface area contributed by atoms with Crippen molar-refractivity contribution < 1.29 is 9.47 Å². The van der Waals surface area contributed by atoms with Gasteiger partial charge in [0, 0.05) is 61.8 Å². The van der Waals surface area contributed by atoms with E-state index in [1.807, 2.05) is 97.2 Å². The van der Waals surface area contributed by atoms with E-state index in [-0.39, 0.29) is 35.6 Å². The van der Waals surface area contributed by atoms with Crippen molar-refractivity contribution in [3.05, 3.63) is 157 Å². The third-order valence-corrected chi connectivity index (χ3v) is 11.8. The van der Waals surface area contributed by atoms with E-state index >= 15 is 0 Å². The molecule has 6 aromatic carbocycles. The fourth-order valence-corrected chi connectivity index (χ4v) is 7.50. The lowest BCUT2D eigenvalue weighted by atomic mass is 9.82. The van der Waals surface area contributed by atoms with Gasteiger partial charge in [-0.1, -0.05) is 64.1 Å². The molecular formula is C52H58Cl2N8O2. The van der Waals surface area contributed by atoms with E-state index in [4.69, 9.17) is 19.5 Å². The molecule has 0 aliphatic carbocycles. The molecule has 0 unspecified atom stereocenters. The molecule has 10 nitrogen and oxygen atoms in total. The molecule has 0 N–H and O–H groups in total. The summed E-state index contributed by atoms with van der Waals surface area (Å²) in [5, 5.41) is 13.1. The Hall–Kier alpha value is -6.62. The molecule has 12 heteroatoms. The second-order valence-electron chi connectivity index (χ2n) is 16.4. The van der Waals surface area contributed by atoms with Gasteiger partial charge >= 0.3 is 0 Å². The predicted octanol–water partition coefficient (Wildman–Crippen LogP) is 12.7. The number of fused-ring (bicyclic) bond motifs is 2. The Labute approximate surface area is 391 Å². The maximum absolute atomic E-state index is 5.24. The van der Waals surface area contributed by atoms with Gasteiger partial charge in [-0.15, -0.1) is 24.8 Å². The SMILES string of the molecule is COc1ccc(N(C)c2ccc(N(C)N=CC3=Nc4ccccc4C3(C)C)cc2)cc1.COc1ccc(N(C)c2ccc(N(C)N=CC3=Nc4ccccc4C3(C)C)cc2)cc1.Cl.Cl. The average molecular weight is 898 g/mol. The highest BCUT2D eigenvalue weighted by atomic mass is 35.5. The third kappa shape index (κ3) is 10.4. The lowest BCUT2D eigenvalue weighted by Crippen LogP contribution is -2.27. The van der Waals surface area contributed by atoms with E-state index in [1.54, 1.807) is 14.2 Å². The summed E-state index contributed by atoms with van der Waals surface area (Å²) in [7, 11) is 11.4. The summed E-state index contributed by atoms with van der Waals surface area (Å²) in [5.41, 5.74) is 12.6. The molecule has 64 heavy (non-hydrogen) atoms. The number of methoxy groups -OCH3 is 2. The number of rotatable bonds is 12. The lowest BCUT2D eigenvalue weighted by molar-refractivity contribution is 0.414. The number of nitrogens with zero attached hydrogens (tertiary/aromatic N) is 8. The monoisotopic (exact) mass is 896 g/mol. The van der Waals surface area contributed by atoms with Crippen LogP contribution in [0.25, 0.3) is 0 Å². The van der Waals surface area contributed by atoms with Crippen LogP contribution < -0.4 is 29.3 Å². The number of aliphatic imine (C=N–C) groups is 2. The second-order valence-corrected chi connectivity index (χ2v) is 16.4. The molecule has 0 aromatic heterocycles. The van der Waals surface area contributed by atoms with Crippen LogP contribution in [0.3, 0.4) is 0 Å². The molecule has 2 heterocycles. The Bertz CT molecular complexity index is 2430. The number of anilines is 6. The first-order valence-electron chi connectivity index (χ1n) is 20.7. The van der Waals surface area contributed by atoms with Crippen molar-refractivity contribution >= 4 is 94.2 Å². The summed E-state index contributed by atoms with van der Waals surface area (Å²) < 4.78 is 10.5. The van der Waals surface area contributed by atoms with Crippen molar-refractivity contribution in [1.82, 2.24) is 0 Å². The standard InChI is InChI=1S/2C26H28N4O.2ClH/c2*1-26(2)23-8-6-7-9-24(23)28-25(26)18-27-30(4)21-12-10-19(11-13-21)29(3)20-14-16-22(31-5)17-15-20;;/h2*6-18H,1-5H3;2*1H. The molecule has 2 aliphatic heterocycles. The Morgan fingerprint density at radius 3 is 1.00 bits per heavy atom. The number of para-hydroxylation sites is 2. The van der Waals surface area contributed by atoms with Gasteiger partial charge in [0.15, 0.2) is 0 Å². The van der Waals surface area contributed by atoms with Gasteiger partial charge < -0.3 is 19.3 Å². The van der Waals surface area contributed by atoms with Crippen LogP contribution in [-0.4, -0.2) is 66.3 Å². The van der Waals surface area contributed by atoms with Crippen LogP contribution in [0, 0.1) is 0 Å². The van der Waals surface area contributed by atoms with Gasteiger partial charge in [-0.05, 0) is 120 Å². The normalized spacial score (nSPS) is 13.8. The molecule has 0 amide bonds. The summed E-state index contributed by atoms with van der Waals surface area (Å²) in [6, 6.07) is 49.3. The topological polar surface area (TPSA) is 80.9 Å². The van der Waals surface area contributed by atoms with Crippen LogP contribution in [0.2, 0.25) is 0 Å². The highest BCUT2D eigenvalue weighted by Gasteiger charge is 2.34. The first kappa shape index (κ1) is 48.4. The van der Waals surface area contributed by atoms with Gasteiger partial charge in [0.25, 0.3) is 0 Å². The van der Waals surface area contributed by atoms with Crippen molar-refractivity contribution in [1.29, 1.82) is 0 Å². The lowest BCUT2D eigenvalue weighted by Gasteiger charge is -2.22. The molecule has 0 atom stereocenters. The zero-order valence-electron chi connectivity index (χ0n) is 38.2. The maximum Gasteiger partial charge on any atom is 0.119 e. The molecule has 0 spiro atoms. The minimum absolute atomic E-state index is 0. The zero-order valence-corrected chi connectivity index (χ0v) is 39.9. The molecule has 8 rings (SSSR count). The first-order valence-corrected chi connectivity index (χ1v) is 20.7. The van der Waals surface area contributed by atoms with E-state index in [9.17, 15) is 0 Å². The van der Waals surface area contributed by atoms with Crippen molar-refractivity contribution in [3.8, 4) is 11.5 Å². The number of hydrazone groups is 2. The molecule has 0 saturated heterocycles. The summed E-state index contributed by atoms with van der Waals surface area (Å²) in [6.45, 7) is 8.75. The largest absolute Gasteiger partial charge is 0.497 e. The van der Waals surface area contributed by atoms with Crippen LogP contribution in [0.5, 0.6) is 11.5 Å². The highest BCUT2D eigenvalue weighted by molar-refractivity contribution is 6.37. The van der Waals surface area contributed by atoms with E-state index in [1.165, 1.54) is 11.1 Å². The molecule has 0 bridgehead atoms. The molecule has 332 valence electrons. The molecule has 6 aromatic rings.